The van der Waals surface area contributed by atoms with Crippen molar-refractivity contribution in [3.63, 3.8) is 0 Å². The third-order valence-corrected chi connectivity index (χ3v) is 3.08. The van der Waals surface area contributed by atoms with Gasteiger partial charge in [0.05, 0.1) is 10.7 Å². The number of hydrogen-bond donors (Lipinski definition) is 2. The number of nitrogens with two attached hydrogens (primary N) is 1. The summed E-state index contributed by atoms with van der Waals surface area (Å²) in [6.45, 7) is 0.699. The summed E-state index contributed by atoms with van der Waals surface area (Å²) in [5.41, 5.74) is 6.45. The SMILES string of the molecule is NC(CCN(c1ccncc1Cl)C1CC1)=NO. The topological polar surface area (TPSA) is 74.7 Å². The Morgan fingerprint density at radius 3 is 3.00 bits per heavy atom. The van der Waals surface area contributed by atoms with Crippen LogP contribution in [0.3, 0.4) is 0 Å². The Morgan fingerprint density at radius 1 is 1.65 bits per heavy atom. The lowest BCUT2D eigenvalue weighted by molar-refractivity contribution is 0.317. The van der Waals surface area contributed by atoms with Gasteiger partial charge in [0.1, 0.15) is 5.84 Å². The fraction of sp³-hybridized carbons (Fsp3) is 0.455. The molecule has 1 aromatic heterocycles. The molecule has 1 heterocycles. The predicted octanol–water partition coefficient (Wildman–Crippen LogP) is 1.84. The normalized spacial score (nSPS) is 15.9. The molecule has 0 aromatic carbocycles. The van der Waals surface area contributed by atoms with Crippen LogP contribution in [0, 0.1) is 0 Å². The van der Waals surface area contributed by atoms with E-state index in [1.165, 1.54) is 0 Å². The van der Waals surface area contributed by atoms with Crippen LogP contribution < -0.4 is 10.6 Å². The van der Waals surface area contributed by atoms with Gasteiger partial charge in [-0.2, -0.15) is 0 Å². The molecule has 1 aliphatic carbocycles. The minimum absolute atomic E-state index is 0.237. The van der Waals surface area contributed by atoms with E-state index in [0.717, 1.165) is 18.5 Å². The van der Waals surface area contributed by atoms with Crippen molar-refractivity contribution in [3.05, 3.63) is 23.5 Å². The van der Waals surface area contributed by atoms with E-state index in [4.69, 9.17) is 22.5 Å². The summed E-state index contributed by atoms with van der Waals surface area (Å²) in [6.07, 6.45) is 6.20. The molecular formula is C11H15ClN4O. The number of nitrogens with zero attached hydrogens (tertiary/aromatic N) is 3. The van der Waals surface area contributed by atoms with Crippen LogP contribution in [0.5, 0.6) is 0 Å². The van der Waals surface area contributed by atoms with Crippen molar-refractivity contribution in [1.82, 2.24) is 4.98 Å². The minimum atomic E-state index is 0.237. The molecule has 1 aliphatic rings. The van der Waals surface area contributed by atoms with E-state index in [1.807, 2.05) is 6.07 Å². The summed E-state index contributed by atoms with van der Waals surface area (Å²) >= 11 is 6.12. The number of anilines is 1. The number of aromatic nitrogens is 1. The van der Waals surface area contributed by atoms with Crippen LogP contribution in [0.25, 0.3) is 0 Å². The molecule has 0 saturated heterocycles. The summed E-state index contributed by atoms with van der Waals surface area (Å²) in [5.74, 6) is 0.237. The highest BCUT2D eigenvalue weighted by Crippen LogP contribution is 2.35. The van der Waals surface area contributed by atoms with Crippen molar-refractivity contribution in [2.75, 3.05) is 11.4 Å². The molecule has 6 heteroatoms. The maximum atomic E-state index is 8.54. The standard InChI is InChI=1S/C11H15ClN4O/c12-9-7-14-5-3-10(9)16(8-1-2-8)6-4-11(13)15-17/h3,5,7-8,17H,1-2,4,6H2,(H2,13,15). The molecule has 5 nitrogen and oxygen atoms in total. The Kier molecular flexibility index (Phi) is 3.68. The number of oxime groups is 1. The van der Waals surface area contributed by atoms with E-state index >= 15 is 0 Å². The molecule has 1 fully saturated rings. The maximum Gasteiger partial charge on any atom is 0.140 e. The largest absolute Gasteiger partial charge is 0.409 e. The van der Waals surface area contributed by atoms with Gasteiger partial charge in [-0.1, -0.05) is 16.8 Å². The summed E-state index contributed by atoms with van der Waals surface area (Å²) in [6, 6.07) is 2.41. The monoisotopic (exact) mass is 254 g/mol. The van der Waals surface area contributed by atoms with Gasteiger partial charge in [-0.15, -0.1) is 0 Å². The fourth-order valence-corrected chi connectivity index (χ4v) is 2.00. The first kappa shape index (κ1) is 12.0. The van der Waals surface area contributed by atoms with E-state index in [1.54, 1.807) is 12.4 Å². The first-order valence-electron chi connectivity index (χ1n) is 5.55. The summed E-state index contributed by atoms with van der Waals surface area (Å²) < 4.78 is 0. The highest BCUT2D eigenvalue weighted by atomic mass is 35.5. The maximum absolute atomic E-state index is 8.54. The van der Waals surface area contributed by atoms with E-state index in [2.05, 4.69) is 15.0 Å². The Balaban J connectivity index is 2.10. The van der Waals surface area contributed by atoms with E-state index in [9.17, 15) is 0 Å². The van der Waals surface area contributed by atoms with Crippen LogP contribution in [0.15, 0.2) is 23.6 Å². The molecule has 3 N–H and O–H groups in total. The van der Waals surface area contributed by atoms with Crippen LogP contribution in [0.1, 0.15) is 19.3 Å². The number of hydrogen-bond acceptors (Lipinski definition) is 4. The zero-order valence-corrected chi connectivity index (χ0v) is 10.1. The summed E-state index contributed by atoms with van der Waals surface area (Å²) in [5, 5.41) is 12.2. The second kappa shape index (κ2) is 5.23. The Morgan fingerprint density at radius 2 is 2.41 bits per heavy atom. The van der Waals surface area contributed by atoms with Crippen LogP contribution in [0.4, 0.5) is 5.69 Å². The van der Waals surface area contributed by atoms with Crippen LogP contribution >= 0.6 is 11.6 Å². The quantitative estimate of drug-likeness (QED) is 0.364. The first-order valence-corrected chi connectivity index (χ1v) is 5.92. The van der Waals surface area contributed by atoms with Crippen molar-refractivity contribution in [3.8, 4) is 0 Å². The second-order valence-corrected chi connectivity index (χ2v) is 4.50. The Bertz CT molecular complexity index is 420. The molecule has 0 atom stereocenters. The van der Waals surface area contributed by atoms with Crippen molar-refractivity contribution in [2.45, 2.75) is 25.3 Å². The fourth-order valence-electron chi connectivity index (χ4n) is 1.77. The average molecular weight is 255 g/mol. The van der Waals surface area contributed by atoms with Gasteiger partial charge >= 0.3 is 0 Å². The average Bonchev–Trinajstić information content (AvgIpc) is 3.15. The van der Waals surface area contributed by atoms with Gasteiger partial charge in [-0.05, 0) is 18.9 Å². The lowest BCUT2D eigenvalue weighted by Gasteiger charge is -2.25. The molecule has 0 spiro atoms. The van der Waals surface area contributed by atoms with Gasteiger partial charge in [-0.3, -0.25) is 4.98 Å². The van der Waals surface area contributed by atoms with Crippen LogP contribution in [-0.4, -0.2) is 28.6 Å². The lowest BCUT2D eigenvalue weighted by Crippen LogP contribution is -2.30. The van der Waals surface area contributed by atoms with Crippen molar-refractivity contribution in [1.29, 1.82) is 0 Å². The molecule has 17 heavy (non-hydrogen) atoms. The molecular weight excluding hydrogens is 240 g/mol. The predicted molar refractivity (Wildman–Crippen MR) is 67.6 cm³/mol. The first-order chi connectivity index (χ1) is 8.22. The van der Waals surface area contributed by atoms with Gasteiger partial charge in [0.2, 0.25) is 0 Å². The highest BCUT2D eigenvalue weighted by Gasteiger charge is 2.30. The minimum Gasteiger partial charge on any atom is -0.409 e. The van der Waals surface area contributed by atoms with Crippen molar-refractivity contribution >= 4 is 23.1 Å². The molecule has 0 radical (unpaired) electrons. The lowest BCUT2D eigenvalue weighted by atomic mass is 10.3. The summed E-state index contributed by atoms with van der Waals surface area (Å²) in [4.78, 5) is 6.17. The molecule has 0 bridgehead atoms. The zero-order valence-electron chi connectivity index (χ0n) is 9.38. The third-order valence-electron chi connectivity index (χ3n) is 2.79. The smallest absolute Gasteiger partial charge is 0.140 e. The Hall–Kier alpha value is -1.49. The molecule has 0 amide bonds. The van der Waals surface area contributed by atoms with Crippen LogP contribution in [-0.2, 0) is 0 Å². The van der Waals surface area contributed by atoms with Gasteiger partial charge in [0.15, 0.2) is 0 Å². The van der Waals surface area contributed by atoms with E-state index in [0.29, 0.717) is 24.0 Å². The van der Waals surface area contributed by atoms with E-state index in [-0.39, 0.29) is 5.84 Å². The highest BCUT2D eigenvalue weighted by molar-refractivity contribution is 6.33. The molecule has 2 rings (SSSR count). The van der Waals surface area contributed by atoms with Crippen molar-refractivity contribution < 1.29 is 5.21 Å². The van der Waals surface area contributed by atoms with Gasteiger partial charge in [-0.25, -0.2) is 0 Å². The van der Waals surface area contributed by atoms with Gasteiger partial charge in [0.25, 0.3) is 0 Å². The molecule has 92 valence electrons. The molecule has 0 aliphatic heterocycles. The second-order valence-electron chi connectivity index (χ2n) is 4.09. The Labute approximate surface area is 105 Å². The number of halogens is 1. The molecule has 0 unspecified atom stereocenters. The number of pyridine rings is 1. The van der Waals surface area contributed by atoms with Crippen molar-refractivity contribution in [2.24, 2.45) is 10.9 Å². The summed E-state index contributed by atoms with van der Waals surface area (Å²) in [7, 11) is 0. The van der Waals surface area contributed by atoms with Gasteiger partial charge < -0.3 is 15.8 Å². The number of amidine groups is 1. The molecule has 1 saturated carbocycles. The van der Waals surface area contributed by atoms with Gasteiger partial charge in [0, 0.05) is 31.4 Å². The number of rotatable bonds is 5. The molecule has 1 aromatic rings. The zero-order chi connectivity index (χ0) is 12.3. The van der Waals surface area contributed by atoms with Crippen LogP contribution in [0.2, 0.25) is 5.02 Å². The third kappa shape index (κ3) is 3.00. The van der Waals surface area contributed by atoms with E-state index < -0.39 is 0 Å².